The van der Waals surface area contributed by atoms with Crippen molar-refractivity contribution in [2.75, 3.05) is 20.8 Å². The lowest BCUT2D eigenvalue weighted by Crippen LogP contribution is -2.23. The minimum Gasteiger partial charge on any atom is -0.497 e. The molecular formula is C16H20ClNO2S. The van der Waals surface area contributed by atoms with Crippen molar-refractivity contribution < 1.29 is 9.47 Å². The fraction of sp³-hybridized carbons (Fsp3) is 0.375. The summed E-state index contributed by atoms with van der Waals surface area (Å²) in [6.07, 6.45) is 1.05. The van der Waals surface area contributed by atoms with E-state index in [1.54, 1.807) is 25.6 Å². The number of halogens is 1. The van der Waals surface area contributed by atoms with Crippen LogP contribution in [0, 0.1) is 0 Å². The Morgan fingerprint density at radius 2 is 2.05 bits per heavy atom. The molecule has 2 rings (SSSR count). The van der Waals surface area contributed by atoms with Crippen LogP contribution in [-0.4, -0.2) is 20.8 Å². The van der Waals surface area contributed by atoms with Crippen LogP contribution in [0.3, 0.4) is 0 Å². The van der Waals surface area contributed by atoms with E-state index in [9.17, 15) is 0 Å². The van der Waals surface area contributed by atoms with Gasteiger partial charge in [0.25, 0.3) is 0 Å². The zero-order chi connectivity index (χ0) is 15.2. The van der Waals surface area contributed by atoms with Gasteiger partial charge in [0.15, 0.2) is 0 Å². The van der Waals surface area contributed by atoms with Crippen molar-refractivity contribution in [3.05, 3.63) is 45.1 Å². The molecule has 1 unspecified atom stereocenters. The van der Waals surface area contributed by atoms with Gasteiger partial charge in [0, 0.05) is 10.4 Å². The smallest absolute Gasteiger partial charge is 0.124 e. The molecule has 3 nitrogen and oxygen atoms in total. The molecule has 5 heteroatoms. The van der Waals surface area contributed by atoms with Gasteiger partial charge in [-0.25, -0.2) is 0 Å². The topological polar surface area (TPSA) is 30.5 Å². The third kappa shape index (κ3) is 3.70. The molecule has 0 aliphatic rings. The van der Waals surface area contributed by atoms with Crippen LogP contribution in [0.5, 0.6) is 11.5 Å². The van der Waals surface area contributed by atoms with Crippen LogP contribution in [0.15, 0.2) is 29.6 Å². The fourth-order valence-electron chi connectivity index (χ4n) is 2.21. The predicted octanol–water partition coefficient (Wildman–Crippen LogP) is 4.51. The Kier molecular flexibility index (Phi) is 5.91. The molecule has 0 fully saturated rings. The van der Waals surface area contributed by atoms with Crippen molar-refractivity contribution in [2.45, 2.75) is 19.4 Å². The minimum atomic E-state index is 0.00231. The number of benzene rings is 1. The van der Waals surface area contributed by atoms with Gasteiger partial charge in [0.1, 0.15) is 11.5 Å². The SMILES string of the molecule is CCCNC(c1cc(OC)ccc1OC)c1sccc1Cl. The zero-order valence-electron chi connectivity index (χ0n) is 12.5. The summed E-state index contributed by atoms with van der Waals surface area (Å²) in [5.41, 5.74) is 1.04. The van der Waals surface area contributed by atoms with Crippen molar-refractivity contribution in [3.8, 4) is 11.5 Å². The second-order valence-electron chi connectivity index (χ2n) is 4.63. The molecule has 1 aromatic carbocycles. The Hall–Kier alpha value is -1.23. The number of hydrogen-bond donors (Lipinski definition) is 1. The van der Waals surface area contributed by atoms with E-state index in [1.807, 2.05) is 29.6 Å². The highest BCUT2D eigenvalue weighted by atomic mass is 35.5. The maximum atomic E-state index is 6.33. The van der Waals surface area contributed by atoms with E-state index in [4.69, 9.17) is 21.1 Å². The van der Waals surface area contributed by atoms with Crippen molar-refractivity contribution in [3.63, 3.8) is 0 Å². The zero-order valence-corrected chi connectivity index (χ0v) is 14.1. The summed E-state index contributed by atoms with van der Waals surface area (Å²) in [4.78, 5) is 1.09. The lowest BCUT2D eigenvalue weighted by molar-refractivity contribution is 0.394. The van der Waals surface area contributed by atoms with E-state index >= 15 is 0 Å². The summed E-state index contributed by atoms with van der Waals surface area (Å²) in [6, 6.07) is 7.75. The second kappa shape index (κ2) is 7.69. The van der Waals surface area contributed by atoms with Gasteiger partial charge in [-0.3, -0.25) is 0 Å². The molecule has 0 saturated carbocycles. The third-order valence-corrected chi connectivity index (χ3v) is 4.68. The molecule has 1 heterocycles. The number of ether oxygens (including phenoxy) is 2. The average Bonchev–Trinajstić information content (AvgIpc) is 2.93. The van der Waals surface area contributed by atoms with Gasteiger partial charge >= 0.3 is 0 Å². The van der Waals surface area contributed by atoms with E-state index in [0.29, 0.717) is 0 Å². The molecule has 0 spiro atoms. The standard InChI is InChI=1S/C16H20ClNO2S/c1-4-8-18-15(16-13(17)7-9-21-16)12-10-11(19-2)5-6-14(12)20-3/h5-7,9-10,15,18H,4,8H2,1-3H3. The molecule has 0 aliphatic heterocycles. The molecule has 0 radical (unpaired) electrons. The van der Waals surface area contributed by atoms with Crippen LogP contribution < -0.4 is 14.8 Å². The summed E-state index contributed by atoms with van der Waals surface area (Å²) < 4.78 is 10.9. The van der Waals surface area contributed by atoms with Gasteiger partial charge in [0.05, 0.1) is 25.3 Å². The maximum absolute atomic E-state index is 6.33. The average molecular weight is 326 g/mol. The van der Waals surface area contributed by atoms with Crippen LogP contribution in [0.2, 0.25) is 5.02 Å². The van der Waals surface area contributed by atoms with E-state index < -0.39 is 0 Å². The lowest BCUT2D eigenvalue weighted by atomic mass is 10.0. The third-order valence-electron chi connectivity index (χ3n) is 3.25. The van der Waals surface area contributed by atoms with Crippen molar-refractivity contribution in [2.24, 2.45) is 0 Å². The molecule has 1 aromatic heterocycles. The molecule has 0 amide bonds. The monoisotopic (exact) mass is 325 g/mol. The first-order valence-corrected chi connectivity index (χ1v) is 8.15. The molecule has 0 bridgehead atoms. The lowest BCUT2D eigenvalue weighted by Gasteiger charge is -2.21. The van der Waals surface area contributed by atoms with Gasteiger partial charge in [-0.1, -0.05) is 18.5 Å². The number of methoxy groups -OCH3 is 2. The Labute approximate surface area is 134 Å². The maximum Gasteiger partial charge on any atom is 0.124 e. The first-order chi connectivity index (χ1) is 10.2. The molecule has 1 N–H and O–H groups in total. The first kappa shape index (κ1) is 16.1. The molecule has 0 aliphatic carbocycles. The van der Waals surface area contributed by atoms with Gasteiger partial charge in [-0.15, -0.1) is 11.3 Å². The Morgan fingerprint density at radius 3 is 2.62 bits per heavy atom. The highest BCUT2D eigenvalue weighted by Crippen LogP contribution is 2.38. The summed E-state index contributed by atoms with van der Waals surface area (Å²) in [5.74, 6) is 1.63. The largest absolute Gasteiger partial charge is 0.497 e. The molecule has 0 saturated heterocycles. The van der Waals surface area contributed by atoms with Crippen molar-refractivity contribution in [1.29, 1.82) is 0 Å². The van der Waals surface area contributed by atoms with Crippen LogP contribution >= 0.6 is 22.9 Å². The predicted molar refractivity (Wildman–Crippen MR) is 89.0 cm³/mol. The Morgan fingerprint density at radius 1 is 1.24 bits per heavy atom. The fourth-order valence-corrected chi connectivity index (χ4v) is 3.47. The van der Waals surface area contributed by atoms with Crippen LogP contribution in [0.1, 0.15) is 29.8 Å². The van der Waals surface area contributed by atoms with E-state index in [-0.39, 0.29) is 6.04 Å². The first-order valence-electron chi connectivity index (χ1n) is 6.89. The highest BCUT2D eigenvalue weighted by molar-refractivity contribution is 7.10. The summed E-state index contributed by atoms with van der Waals surface area (Å²) >= 11 is 7.98. The summed E-state index contributed by atoms with van der Waals surface area (Å²) in [5, 5.41) is 6.33. The Balaban J connectivity index is 2.47. The molecule has 1 atom stereocenters. The molecule has 21 heavy (non-hydrogen) atoms. The van der Waals surface area contributed by atoms with Crippen molar-refractivity contribution >= 4 is 22.9 Å². The van der Waals surface area contributed by atoms with Gasteiger partial charge in [-0.2, -0.15) is 0 Å². The number of hydrogen-bond acceptors (Lipinski definition) is 4. The quantitative estimate of drug-likeness (QED) is 0.812. The van der Waals surface area contributed by atoms with Crippen molar-refractivity contribution in [1.82, 2.24) is 5.32 Å². The van der Waals surface area contributed by atoms with E-state index in [1.165, 1.54) is 0 Å². The van der Waals surface area contributed by atoms with Gasteiger partial charge in [-0.05, 0) is 42.6 Å². The summed E-state index contributed by atoms with van der Waals surface area (Å²) in [7, 11) is 3.34. The van der Waals surface area contributed by atoms with Crippen LogP contribution in [0.4, 0.5) is 0 Å². The number of thiophene rings is 1. The van der Waals surface area contributed by atoms with Crippen LogP contribution in [-0.2, 0) is 0 Å². The summed E-state index contributed by atoms with van der Waals surface area (Å²) in [6.45, 7) is 3.04. The molecule has 114 valence electrons. The van der Waals surface area contributed by atoms with Gasteiger partial charge < -0.3 is 14.8 Å². The van der Waals surface area contributed by atoms with E-state index in [0.717, 1.165) is 39.9 Å². The van der Waals surface area contributed by atoms with E-state index in [2.05, 4.69) is 12.2 Å². The minimum absolute atomic E-state index is 0.00231. The normalized spacial score (nSPS) is 12.2. The number of nitrogens with one attached hydrogen (secondary N) is 1. The molecule has 2 aromatic rings. The Bertz CT molecular complexity index is 585. The highest BCUT2D eigenvalue weighted by Gasteiger charge is 2.22. The van der Waals surface area contributed by atoms with Gasteiger partial charge in [0.2, 0.25) is 0 Å². The number of rotatable bonds is 7. The van der Waals surface area contributed by atoms with Crippen LogP contribution in [0.25, 0.3) is 0 Å². The molecular weight excluding hydrogens is 306 g/mol. The second-order valence-corrected chi connectivity index (χ2v) is 5.98.